The molecule has 3 N–H and O–H groups in total. The van der Waals surface area contributed by atoms with Crippen molar-refractivity contribution in [1.82, 2.24) is 15.0 Å². The lowest BCUT2D eigenvalue weighted by Crippen LogP contribution is -2.35. The maximum Gasteiger partial charge on any atom is 0.215 e. The molecule has 2 aromatic heterocycles. The molecule has 0 aromatic carbocycles. The fourth-order valence-corrected chi connectivity index (χ4v) is 2.21. The number of aromatic nitrogens is 3. The quantitative estimate of drug-likeness (QED) is 0.848. The van der Waals surface area contributed by atoms with Gasteiger partial charge < -0.3 is 15.5 Å². The van der Waals surface area contributed by atoms with Crippen LogP contribution in [0.25, 0.3) is 11.2 Å². The van der Waals surface area contributed by atoms with Gasteiger partial charge in [0.05, 0.1) is 12.6 Å². The SMILES string of the molecule is CCC(CC)(CN)c1nc2nc(OC)ccc2[nH]1. The molecule has 5 heteroatoms. The number of pyridine rings is 1. The Balaban J connectivity index is 2.52. The molecule has 0 radical (unpaired) electrons. The first kappa shape index (κ1) is 12.8. The standard InChI is InChI=1S/C13H20N4O/c1-4-13(5-2,8-14)12-15-9-6-7-10(18-3)16-11(9)17-12/h6-7H,4-5,8,14H2,1-3H3,(H,15,16,17). The zero-order chi connectivity index (χ0) is 13.2. The van der Waals surface area contributed by atoms with E-state index >= 15 is 0 Å². The van der Waals surface area contributed by atoms with E-state index in [-0.39, 0.29) is 5.41 Å². The van der Waals surface area contributed by atoms with Crippen LogP contribution in [0.15, 0.2) is 12.1 Å². The first-order chi connectivity index (χ1) is 8.69. The van der Waals surface area contributed by atoms with Crippen LogP contribution in [-0.2, 0) is 5.41 Å². The van der Waals surface area contributed by atoms with Gasteiger partial charge in [0, 0.05) is 18.0 Å². The van der Waals surface area contributed by atoms with E-state index in [2.05, 4.69) is 28.8 Å². The van der Waals surface area contributed by atoms with E-state index in [1.807, 2.05) is 12.1 Å². The molecule has 0 amide bonds. The molecule has 2 aromatic rings. The van der Waals surface area contributed by atoms with E-state index < -0.39 is 0 Å². The van der Waals surface area contributed by atoms with Crippen molar-refractivity contribution in [1.29, 1.82) is 0 Å². The third kappa shape index (κ3) is 1.95. The summed E-state index contributed by atoms with van der Waals surface area (Å²) in [6, 6.07) is 3.76. The van der Waals surface area contributed by atoms with Gasteiger partial charge in [0.15, 0.2) is 5.65 Å². The highest BCUT2D eigenvalue weighted by Crippen LogP contribution is 2.29. The van der Waals surface area contributed by atoms with Gasteiger partial charge in [-0.1, -0.05) is 13.8 Å². The number of hydrogen-bond acceptors (Lipinski definition) is 4. The number of nitrogens with one attached hydrogen (secondary N) is 1. The molecule has 18 heavy (non-hydrogen) atoms. The summed E-state index contributed by atoms with van der Waals surface area (Å²) in [7, 11) is 1.60. The summed E-state index contributed by atoms with van der Waals surface area (Å²) in [6.07, 6.45) is 1.91. The van der Waals surface area contributed by atoms with Gasteiger partial charge in [-0.15, -0.1) is 0 Å². The number of imidazole rings is 1. The third-order valence-corrected chi connectivity index (χ3v) is 3.78. The summed E-state index contributed by atoms with van der Waals surface area (Å²) >= 11 is 0. The van der Waals surface area contributed by atoms with Gasteiger partial charge in [0.25, 0.3) is 0 Å². The Labute approximate surface area is 107 Å². The van der Waals surface area contributed by atoms with Crippen molar-refractivity contribution in [3.05, 3.63) is 18.0 Å². The van der Waals surface area contributed by atoms with Gasteiger partial charge in [-0.2, -0.15) is 4.98 Å². The van der Waals surface area contributed by atoms with Crippen molar-refractivity contribution in [2.45, 2.75) is 32.1 Å². The molecule has 98 valence electrons. The zero-order valence-corrected chi connectivity index (χ0v) is 11.2. The van der Waals surface area contributed by atoms with Crippen LogP contribution in [0.2, 0.25) is 0 Å². The monoisotopic (exact) mass is 248 g/mol. The molecule has 0 aliphatic carbocycles. The molecule has 0 atom stereocenters. The minimum Gasteiger partial charge on any atom is -0.481 e. The van der Waals surface area contributed by atoms with E-state index in [1.54, 1.807) is 7.11 Å². The molecule has 0 saturated heterocycles. The zero-order valence-electron chi connectivity index (χ0n) is 11.2. The van der Waals surface area contributed by atoms with E-state index in [0.717, 1.165) is 24.2 Å². The second-order valence-electron chi connectivity index (χ2n) is 4.50. The van der Waals surface area contributed by atoms with Gasteiger partial charge in [-0.05, 0) is 18.9 Å². The Bertz CT molecular complexity index is 523. The van der Waals surface area contributed by atoms with Crippen LogP contribution in [0.1, 0.15) is 32.5 Å². The lowest BCUT2D eigenvalue weighted by molar-refractivity contribution is 0.386. The molecular formula is C13H20N4O. The lowest BCUT2D eigenvalue weighted by atomic mass is 9.82. The van der Waals surface area contributed by atoms with Crippen molar-refractivity contribution >= 4 is 11.2 Å². The number of nitrogens with zero attached hydrogens (tertiary/aromatic N) is 2. The number of hydrogen-bond donors (Lipinski definition) is 2. The highest BCUT2D eigenvalue weighted by molar-refractivity contribution is 5.71. The summed E-state index contributed by atoms with van der Waals surface area (Å²) in [5.41, 5.74) is 7.45. The molecule has 0 spiro atoms. The van der Waals surface area contributed by atoms with Crippen LogP contribution >= 0.6 is 0 Å². The van der Waals surface area contributed by atoms with Crippen LogP contribution in [0.5, 0.6) is 5.88 Å². The van der Waals surface area contributed by atoms with Crippen LogP contribution < -0.4 is 10.5 Å². The van der Waals surface area contributed by atoms with Crippen molar-refractivity contribution in [3.63, 3.8) is 0 Å². The third-order valence-electron chi connectivity index (χ3n) is 3.78. The summed E-state index contributed by atoms with van der Waals surface area (Å²) in [4.78, 5) is 12.2. The number of aromatic amines is 1. The normalized spacial score (nSPS) is 12.0. The number of methoxy groups -OCH3 is 1. The summed E-state index contributed by atoms with van der Waals surface area (Å²) in [5, 5.41) is 0. The van der Waals surface area contributed by atoms with Crippen LogP contribution in [-0.4, -0.2) is 28.6 Å². The van der Waals surface area contributed by atoms with Crippen molar-refractivity contribution in [3.8, 4) is 5.88 Å². The van der Waals surface area contributed by atoms with Crippen molar-refractivity contribution < 1.29 is 4.74 Å². The van der Waals surface area contributed by atoms with Gasteiger partial charge in [0.2, 0.25) is 5.88 Å². The Morgan fingerprint density at radius 2 is 2.00 bits per heavy atom. The highest BCUT2D eigenvalue weighted by Gasteiger charge is 2.30. The number of ether oxygens (including phenoxy) is 1. The Kier molecular flexibility index (Phi) is 3.52. The summed E-state index contributed by atoms with van der Waals surface area (Å²) in [6.45, 7) is 4.85. The molecule has 0 unspecified atom stereocenters. The molecule has 2 heterocycles. The molecular weight excluding hydrogens is 228 g/mol. The van der Waals surface area contributed by atoms with E-state index in [4.69, 9.17) is 10.5 Å². The van der Waals surface area contributed by atoms with E-state index in [9.17, 15) is 0 Å². The molecule has 2 rings (SSSR count). The van der Waals surface area contributed by atoms with Gasteiger partial charge in [-0.3, -0.25) is 0 Å². The second-order valence-corrected chi connectivity index (χ2v) is 4.50. The maximum absolute atomic E-state index is 5.93. The largest absolute Gasteiger partial charge is 0.481 e. The second kappa shape index (κ2) is 4.94. The maximum atomic E-state index is 5.93. The number of rotatable bonds is 5. The Morgan fingerprint density at radius 1 is 1.28 bits per heavy atom. The van der Waals surface area contributed by atoms with Crippen molar-refractivity contribution in [2.75, 3.05) is 13.7 Å². The fourth-order valence-electron chi connectivity index (χ4n) is 2.21. The fraction of sp³-hybridized carbons (Fsp3) is 0.538. The van der Waals surface area contributed by atoms with Crippen LogP contribution in [0, 0.1) is 0 Å². The predicted molar refractivity (Wildman–Crippen MR) is 71.8 cm³/mol. The minimum atomic E-state index is -0.0894. The molecule has 0 fully saturated rings. The van der Waals surface area contributed by atoms with Gasteiger partial charge in [0.1, 0.15) is 5.82 Å². The topological polar surface area (TPSA) is 76.8 Å². The van der Waals surface area contributed by atoms with Gasteiger partial charge >= 0.3 is 0 Å². The lowest BCUT2D eigenvalue weighted by Gasteiger charge is -2.27. The van der Waals surface area contributed by atoms with E-state index in [0.29, 0.717) is 18.1 Å². The smallest absolute Gasteiger partial charge is 0.215 e. The number of fused-ring (bicyclic) bond motifs is 1. The van der Waals surface area contributed by atoms with Gasteiger partial charge in [-0.25, -0.2) is 4.98 Å². The minimum absolute atomic E-state index is 0.0894. The average Bonchev–Trinajstić information content (AvgIpc) is 2.84. The molecule has 0 bridgehead atoms. The van der Waals surface area contributed by atoms with Crippen LogP contribution in [0.4, 0.5) is 0 Å². The average molecular weight is 248 g/mol. The molecule has 0 aliphatic rings. The Morgan fingerprint density at radius 3 is 2.56 bits per heavy atom. The molecule has 5 nitrogen and oxygen atoms in total. The van der Waals surface area contributed by atoms with E-state index in [1.165, 1.54) is 0 Å². The summed E-state index contributed by atoms with van der Waals surface area (Å²) in [5.74, 6) is 1.50. The van der Waals surface area contributed by atoms with Crippen molar-refractivity contribution in [2.24, 2.45) is 5.73 Å². The first-order valence-electron chi connectivity index (χ1n) is 6.30. The Hall–Kier alpha value is -1.62. The highest BCUT2D eigenvalue weighted by atomic mass is 16.5. The molecule has 0 aliphatic heterocycles. The first-order valence-corrected chi connectivity index (χ1v) is 6.30. The number of nitrogens with two attached hydrogens (primary N) is 1. The number of H-pyrrole nitrogens is 1. The predicted octanol–water partition coefficient (Wildman–Crippen LogP) is 1.98. The molecule has 0 saturated carbocycles. The van der Waals surface area contributed by atoms with Crippen LogP contribution in [0.3, 0.4) is 0 Å². The summed E-state index contributed by atoms with van der Waals surface area (Å²) < 4.78 is 5.11.